The first-order valence-corrected chi connectivity index (χ1v) is 9.28. The molecule has 1 amide bonds. The number of aromatic nitrogens is 1. The summed E-state index contributed by atoms with van der Waals surface area (Å²) in [6, 6.07) is 14.6. The van der Waals surface area contributed by atoms with Crippen molar-refractivity contribution in [1.82, 2.24) is 10.3 Å². The molecule has 0 unspecified atom stereocenters. The van der Waals surface area contributed by atoms with Crippen LogP contribution >= 0.6 is 23.1 Å². The van der Waals surface area contributed by atoms with Crippen LogP contribution in [0.2, 0.25) is 0 Å². The van der Waals surface area contributed by atoms with Gasteiger partial charge in [-0.3, -0.25) is 15.4 Å². The van der Waals surface area contributed by atoms with Crippen molar-refractivity contribution in [3.8, 4) is 6.19 Å². The van der Waals surface area contributed by atoms with Crippen LogP contribution < -0.4 is 10.6 Å². The number of nitrogens with one attached hydrogen (secondary N) is 2. The molecule has 2 aromatic carbocycles. The molecule has 1 aromatic heterocycles. The number of hydrogen-bond acceptors (Lipinski definition) is 6. The van der Waals surface area contributed by atoms with Crippen molar-refractivity contribution in [2.24, 2.45) is 4.99 Å². The Morgan fingerprint density at radius 1 is 1.24 bits per heavy atom. The monoisotopic (exact) mass is 367 g/mol. The van der Waals surface area contributed by atoms with E-state index >= 15 is 0 Å². The average molecular weight is 367 g/mol. The van der Waals surface area contributed by atoms with Crippen molar-refractivity contribution in [3.63, 3.8) is 0 Å². The highest BCUT2D eigenvalue weighted by molar-refractivity contribution is 8.13. The zero-order valence-electron chi connectivity index (χ0n) is 13.2. The van der Waals surface area contributed by atoms with Crippen LogP contribution in [0.4, 0.5) is 10.8 Å². The van der Waals surface area contributed by atoms with Crippen molar-refractivity contribution >= 4 is 55.2 Å². The van der Waals surface area contributed by atoms with Crippen LogP contribution in [0.3, 0.4) is 0 Å². The number of carbonyl (C=O) groups is 1. The topological polar surface area (TPSA) is 90.2 Å². The lowest BCUT2D eigenvalue weighted by atomic mass is 10.2. The van der Waals surface area contributed by atoms with Gasteiger partial charge in [0, 0.05) is 5.56 Å². The maximum absolute atomic E-state index is 12.3. The Kier molecular flexibility index (Phi) is 5.28. The molecule has 124 valence electrons. The summed E-state index contributed by atoms with van der Waals surface area (Å²) in [5, 5.41) is 15.0. The molecular formula is C17H13N5OS2. The van der Waals surface area contributed by atoms with Crippen LogP contribution in [0.15, 0.2) is 53.5 Å². The number of thioether (sulfide) groups is 1. The number of carbonyl (C=O) groups excluding carboxylic acids is 1. The van der Waals surface area contributed by atoms with Crippen LogP contribution in [0.1, 0.15) is 10.4 Å². The van der Waals surface area contributed by atoms with E-state index in [-0.39, 0.29) is 5.91 Å². The molecule has 3 rings (SSSR count). The summed E-state index contributed by atoms with van der Waals surface area (Å²) < 4.78 is 1.03. The number of hydrogen-bond donors (Lipinski definition) is 2. The number of aliphatic imine (C=N–C) groups is 1. The first-order chi connectivity index (χ1) is 12.2. The van der Waals surface area contributed by atoms with E-state index in [9.17, 15) is 4.79 Å². The third-order valence-electron chi connectivity index (χ3n) is 3.23. The van der Waals surface area contributed by atoms with Gasteiger partial charge in [-0.05, 0) is 42.7 Å². The molecule has 0 aliphatic rings. The van der Waals surface area contributed by atoms with Gasteiger partial charge in [-0.15, -0.1) is 0 Å². The molecule has 8 heteroatoms. The second-order valence-electron chi connectivity index (χ2n) is 4.85. The standard InChI is InChI=1S/C17H13N5OS2/c1-24-16(19-10-18)20-12-8-6-11(7-9-12)15(23)22-17-21-13-4-2-3-5-14(13)25-17/h2-9H,1H3,(H,19,20)(H,21,22,23). The first-order valence-electron chi connectivity index (χ1n) is 7.24. The summed E-state index contributed by atoms with van der Waals surface area (Å²) in [5.41, 5.74) is 2.03. The highest BCUT2D eigenvalue weighted by atomic mass is 32.2. The molecule has 0 saturated heterocycles. The predicted molar refractivity (Wildman–Crippen MR) is 103 cm³/mol. The molecule has 0 fully saturated rings. The van der Waals surface area contributed by atoms with Crippen LogP contribution in [-0.2, 0) is 0 Å². The number of nitriles is 1. The fraction of sp³-hybridized carbons (Fsp3) is 0.0588. The third-order valence-corrected chi connectivity index (χ3v) is 4.76. The zero-order chi connectivity index (χ0) is 17.6. The number of nitrogens with zero attached hydrogens (tertiary/aromatic N) is 3. The van der Waals surface area contributed by atoms with E-state index in [1.165, 1.54) is 23.1 Å². The minimum absolute atomic E-state index is 0.227. The van der Waals surface area contributed by atoms with E-state index in [0.717, 1.165) is 10.2 Å². The smallest absolute Gasteiger partial charge is 0.257 e. The van der Waals surface area contributed by atoms with Gasteiger partial charge >= 0.3 is 0 Å². The molecule has 6 nitrogen and oxygen atoms in total. The minimum atomic E-state index is -0.227. The van der Waals surface area contributed by atoms with Gasteiger partial charge < -0.3 is 0 Å². The van der Waals surface area contributed by atoms with E-state index in [1.807, 2.05) is 36.7 Å². The number of anilines is 1. The Bertz CT molecular complexity index is 940. The molecule has 0 saturated carbocycles. The molecule has 1 heterocycles. The number of rotatable bonds is 3. The number of amidine groups is 1. The summed E-state index contributed by atoms with van der Waals surface area (Å²) in [4.78, 5) is 21.0. The Morgan fingerprint density at radius 2 is 2.00 bits per heavy atom. The average Bonchev–Trinajstić information content (AvgIpc) is 3.04. The van der Waals surface area contributed by atoms with E-state index in [0.29, 0.717) is 21.6 Å². The number of para-hydroxylation sites is 1. The van der Waals surface area contributed by atoms with E-state index < -0.39 is 0 Å². The van der Waals surface area contributed by atoms with Crippen molar-refractivity contribution in [2.75, 3.05) is 11.6 Å². The largest absolute Gasteiger partial charge is 0.298 e. The lowest BCUT2D eigenvalue weighted by Gasteiger charge is -2.03. The van der Waals surface area contributed by atoms with Crippen LogP contribution in [0, 0.1) is 11.5 Å². The van der Waals surface area contributed by atoms with Gasteiger partial charge in [0.15, 0.2) is 16.5 Å². The van der Waals surface area contributed by atoms with Crippen molar-refractivity contribution in [1.29, 1.82) is 5.26 Å². The second kappa shape index (κ2) is 7.79. The normalized spacial score (nSPS) is 11.1. The van der Waals surface area contributed by atoms with E-state index in [4.69, 9.17) is 5.26 Å². The first kappa shape index (κ1) is 17.0. The van der Waals surface area contributed by atoms with Gasteiger partial charge in [0.25, 0.3) is 5.91 Å². The van der Waals surface area contributed by atoms with E-state index in [2.05, 4.69) is 20.6 Å². The van der Waals surface area contributed by atoms with Crippen LogP contribution in [-0.4, -0.2) is 22.3 Å². The van der Waals surface area contributed by atoms with E-state index in [1.54, 1.807) is 24.3 Å². The molecule has 0 radical (unpaired) electrons. The Labute approximate surface area is 152 Å². The number of amides is 1. The molecule has 25 heavy (non-hydrogen) atoms. The molecule has 0 aliphatic heterocycles. The Balaban J connectivity index is 1.73. The summed E-state index contributed by atoms with van der Waals surface area (Å²) in [5.74, 6) is -0.227. The van der Waals surface area contributed by atoms with Gasteiger partial charge in [-0.2, -0.15) is 5.26 Å². The summed E-state index contributed by atoms with van der Waals surface area (Å²) in [6.07, 6.45) is 3.66. The zero-order valence-corrected chi connectivity index (χ0v) is 14.8. The van der Waals surface area contributed by atoms with Gasteiger partial charge in [-0.1, -0.05) is 35.2 Å². The SMILES string of the molecule is CSC(=Nc1ccc(C(=O)Nc2nc3ccccc3s2)cc1)NC#N. The van der Waals surface area contributed by atoms with Crippen LogP contribution in [0.25, 0.3) is 10.2 Å². The number of benzene rings is 2. The fourth-order valence-corrected chi connectivity index (χ4v) is 3.28. The van der Waals surface area contributed by atoms with Gasteiger partial charge in [0.1, 0.15) is 0 Å². The Hall–Kier alpha value is -2.89. The predicted octanol–water partition coefficient (Wildman–Crippen LogP) is 3.97. The quantitative estimate of drug-likeness (QED) is 0.316. The lowest BCUT2D eigenvalue weighted by Crippen LogP contribution is -2.12. The van der Waals surface area contributed by atoms with Gasteiger partial charge in [-0.25, -0.2) is 9.98 Å². The maximum atomic E-state index is 12.3. The van der Waals surface area contributed by atoms with Gasteiger partial charge in [0.05, 0.1) is 15.9 Å². The van der Waals surface area contributed by atoms with Gasteiger partial charge in [0.2, 0.25) is 0 Å². The van der Waals surface area contributed by atoms with Crippen molar-refractivity contribution in [3.05, 3.63) is 54.1 Å². The minimum Gasteiger partial charge on any atom is -0.298 e. The second-order valence-corrected chi connectivity index (χ2v) is 6.67. The molecule has 2 N–H and O–H groups in total. The third kappa shape index (κ3) is 4.15. The van der Waals surface area contributed by atoms with Crippen molar-refractivity contribution < 1.29 is 4.79 Å². The summed E-state index contributed by atoms with van der Waals surface area (Å²) in [7, 11) is 0. The highest BCUT2D eigenvalue weighted by Gasteiger charge is 2.09. The molecule has 0 aliphatic carbocycles. The molecular weight excluding hydrogens is 354 g/mol. The number of fused-ring (bicyclic) bond motifs is 1. The Morgan fingerprint density at radius 3 is 2.68 bits per heavy atom. The summed E-state index contributed by atoms with van der Waals surface area (Å²) in [6.45, 7) is 0. The molecule has 3 aromatic rings. The molecule has 0 bridgehead atoms. The maximum Gasteiger partial charge on any atom is 0.257 e. The fourth-order valence-electron chi connectivity index (χ4n) is 2.07. The van der Waals surface area contributed by atoms with Crippen LogP contribution in [0.5, 0.6) is 0 Å². The molecule has 0 atom stereocenters. The summed E-state index contributed by atoms with van der Waals surface area (Å²) >= 11 is 2.77. The van der Waals surface area contributed by atoms with Crippen molar-refractivity contribution in [2.45, 2.75) is 0 Å². The highest BCUT2D eigenvalue weighted by Crippen LogP contribution is 2.26. The molecule has 0 spiro atoms. The number of thiazole rings is 1. The lowest BCUT2D eigenvalue weighted by molar-refractivity contribution is 0.102.